The van der Waals surface area contributed by atoms with E-state index in [1.807, 2.05) is 0 Å². The predicted molar refractivity (Wildman–Crippen MR) is 85.2 cm³/mol. The molecule has 2 heterocycles. The van der Waals surface area contributed by atoms with Crippen LogP contribution in [0.4, 0.5) is 23.8 Å². The zero-order valence-corrected chi connectivity index (χ0v) is 14.4. The number of rotatable bonds is 2. The maximum Gasteiger partial charge on any atom is 0.417 e. The number of aliphatic hydroxyl groups is 1. The van der Waals surface area contributed by atoms with Crippen molar-refractivity contribution in [1.29, 1.82) is 0 Å². The molecule has 1 N–H and O–H groups in total. The van der Waals surface area contributed by atoms with Gasteiger partial charge in [-0.15, -0.1) is 0 Å². The van der Waals surface area contributed by atoms with E-state index in [-0.39, 0.29) is 5.56 Å². The molecular weight excluding hydrogens is 339 g/mol. The molecule has 0 aromatic carbocycles. The SMILES string of the molecule is CC(C)(C)OC(=O)N1CCN(c2ncc(C(F)(F)F)cc2CO)CC1. The average Bonchev–Trinajstić information content (AvgIpc) is 2.52. The Balaban J connectivity index is 2.07. The minimum absolute atomic E-state index is 0.112. The zero-order chi connectivity index (χ0) is 18.8. The monoisotopic (exact) mass is 361 g/mol. The topological polar surface area (TPSA) is 65.9 Å². The van der Waals surface area contributed by atoms with Crippen LogP contribution in [-0.4, -0.2) is 52.9 Å². The molecule has 140 valence electrons. The fraction of sp³-hybridized carbons (Fsp3) is 0.625. The van der Waals surface area contributed by atoms with E-state index in [1.165, 1.54) is 0 Å². The summed E-state index contributed by atoms with van der Waals surface area (Å²) in [6.45, 7) is 6.31. The molecule has 0 spiro atoms. The van der Waals surface area contributed by atoms with E-state index in [4.69, 9.17) is 4.74 Å². The molecule has 0 radical (unpaired) electrons. The maximum absolute atomic E-state index is 12.8. The number of halogens is 3. The molecule has 1 aliphatic rings. The van der Waals surface area contributed by atoms with Crippen LogP contribution >= 0.6 is 0 Å². The fourth-order valence-corrected chi connectivity index (χ4v) is 2.49. The van der Waals surface area contributed by atoms with Gasteiger partial charge in [-0.3, -0.25) is 0 Å². The number of nitrogens with zero attached hydrogens (tertiary/aromatic N) is 3. The van der Waals surface area contributed by atoms with Crippen LogP contribution in [0.1, 0.15) is 31.9 Å². The minimum Gasteiger partial charge on any atom is -0.444 e. The van der Waals surface area contributed by atoms with Gasteiger partial charge in [0, 0.05) is 37.9 Å². The minimum atomic E-state index is -4.51. The maximum atomic E-state index is 12.8. The lowest BCUT2D eigenvalue weighted by Gasteiger charge is -2.36. The molecule has 1 fully saturated rings. The summed E-state index contributed by atoms with van der Waals surface area (Å²) in [6.07, 6.45) is -4.17. The highest BCUT2D eigenvalue weighted by Crippen LogP contribution is 2.31. The lowest BCUT2D eigenvalue weighted by molar-refractivity contribution is -0.137. The number of amides is 1. The van der Waals surface area contributed by atoms with Gasteiger partial charge in [-0.05, 0) is 26.8 Å². The van der Waals surface area contributed by atoms with Gasteiger partial charge in [-0.1, -0.05) is 0 Å². The Morgan fingerprint density at radius 2 is 1.84 bits per heavy atom. The average molecular weight is 361 g/mol. The molecule has 1 aromatic rings. The molecule has 1 aromatic heterocycles. The van der Waals surface area contributed by atoms with Gasteiger partial charge in [0.1, 0.15) is 11.4 Å². The van der Waals surface area contributed by atoms with Gasteiger partial charge >= 0.3 is 12.3 Å². The van der Waals surface area contributed by atoms with E-state index in [2.05, 4.69) is 4.98 Å². The van der Waals surface area contributed by atoms with Crippen molar-refractivity contribution in [3.63, 3.8) is 0 Å². The van der Waals surface area contributed by atoms with E-state index in [1.54, 1.807) is 30.6 Å². The third-order valence-electron chi connectivity index (χ3n) is 3.67. The molecule has 0 unspecified atom stereocenters. The first-order valence-corrected chi connectivity index (χ1v) is 7.91. The molecule has 0 bridgehead atoms. The predicted octanol–water partition coefficient (Wildman–Crippen LogP) is 2.65. The van der Waals surface area contributed by atoms with Crippen LogP contribution in [0.2, 0.25) is 0 Å². The number of alkyl halides is 3. The molecule has 6 nitrogen and oxygen atoms in total. The molecule has 1 amide bonds. The number of pyridine rings is 1. The van der Waals surface area contributed by atoms with Crippen molar-refractivity contribution in [2.75, 3.05) is 31.1 Å². The number of hydrogen-bond donors (Lipinski definition) is 1. The molecule has 0 aliphatic carbocycles. The molecule has 1 aliphatic heterocycles. The standard InChI is InChI=1S/C16H22F3N3O3/c1-15(2,3)25-14(24)22-6-4-21(5-7-22)13-11(10-23)8-12(9-20-13)16(17,18)19/h8-9,23H,4-7,10H2,1-3H3. The van der Waals surface area contributed by atoms with Gasteiger partial charge in [0.25, 0.3) is 0 Å². The van der Waals surface area contributed by atoms with Crippen molar-refractivity contribution in [3.8, 4) is 0 Å². The van der Waals surface area contributed by atoms with Crippen molar-refractivity contribution >= 4 is 11.9 Å². The van der Waals surface area contributed by atoms with Gasteiger partial charge < -0.3 is 19.6 Å². The Bertz CT molecular complexity index is 621. The second-order valence-electron chi connectivity index (χ2n) is 6.82. The second kappa shape index (κ2) is 7.07. The van der Waals surface area contributed by atoms with E-state index < -0.39 is 30.0 Å². The molecule has 25 heavy (non-hydrogen) atoms. The van der Waals surface area contributed by atoms with Crippen molar-refractivity contribution in [2.24, 2.45) is 0 Å². The first-order valence-electron chi connectivity index (χ1n) is 7.91. The van der Waals surface area contributed by atoms with Crippen LogP contribution in [0, 0.1) is 0 Å². The molecule has 0 saturated carbocycles. The largest absolute Gasteiger partial charge is 0.444 e. The zero-order valence-electron chi connectivity index (χ0n) is 14.4. The summed E-state index contributed by atoms with van der Waals surface area (Å²) in [5, 5.41) is 9.39. The van der Waals surface area contributed by atoms with Crippen molar-refractivity contribution in [1.82, 2.24) is 9.88 Å². The first-order chi connectivity index (χ1) is 11.5. The van der Waals surface area contributed by atoms with Crippen LogP contribution in [0.25, 0.3) is 0 Å². The van der Waals surface area contributed by atoms with Gasteiger partial charge in [-0.2, -0.15) is 13.2 Å². The lowest BCUT2D eigenvalue weighted by atomic mass is 10.1. The molecule has 9 heteroatoms. The number of carbonyl (C=O) groups excluding carboxylic acids is 1. The summed E-state index contributed by atoms with van der Waals surface area (Å²) in [7, 11) is 0. The number of piperazine rings is 1. The second-order valence-corrected chi connectivity index (χ2v) is 6.82. The van der Waals surface area contributed by atoms with E-state index in [0.717, 1.165) is 12.3 Å². The summed E-state index contributed by atoms with van der Waals surface area (Å²) in [6, 6.07) is 0.905. The van der Waals surface area contributed by atoms with Crippen molar-refractivity contribution in [2.45, 2.75) is 39.2 Å². The van der Waals surface area contributed by atoms with Crippen LogP contribution < -0.4 is 4.90 Å². The number of anilines is 1. The van der Waals surface area contributed by atoms with Gasteiger partial charge in [-0.25, -0.2) is 9.78 Å². The van der Waals surface area contributed by atoms with Gasteiger partial charge in [0.15, 0.2) is 0 Å². The van der Waals surface area contributed by atoms with Gasteiger partial charge in [0.05, 0.1) is 12.2 Å². The molecular formula is C16H22F3N3O3. The Labute approximate surface area is 144 Å². The molecule has 0 atom stereocenters. The third-order valence-corrected chi connectivity index (χ3v) is 3.67. The summed E-state index contributed by atoms with van der Waals surface area (Å²) in [5.41, 5.74) is -1.37. The third kappa shape index (κ3) is 4.97. The normalized spacial score (nSPS) is 16.1. The smallest absolute Gasteiger partial charge is 0.417 e. The van der Waals surface area contributed by atoms with Gasteiger partial charge in [0.2, 0.25) is 0 Å². The number of ether oxygens (including phenoxy) is 1. The Morgan fingerprint density at radius 1 is 1.24 bits per heavy atom. The first kappa shape index (κ1) is 19.3. The Kier molecular flexibility index (Phi) is 5.46. The molecule has 2 rings (SSSR count). The van der Waals surface area contributed by atoms with E-state index in [0.29, 0.717) is 32.0 Å². The number of aromatic nitrogens is 1. The summed E-state index contributed by atoms with van der Waals surface area (Å²) in [4.78, 5) is 19.2. The summed E-state index contributed by atoms with van der Waals surface area (Å²) in [5.74, 6) is 0.305. The van der Waals surface area contributed by atoms with Crippen LogP contribution in [0.5, 0.6) is 0 Å². The Morgan fingerprint density at radius 3 is 2.32 bits per heavy atom. The van der Waals surface area contributed by atoms with Crippen LogP contribution in [-0.2, 0) is 17.5 Å². The van der Waals surface area contributed by atoms with Crippen molar-refractivity contribution in [3.05, 3.63) is 23.4 Å². The Hall–Kier alpha value is -2.03. The number of hydrogen-bond acceptors (Lipinski definition) is 5. The van der Waals surface area contributed by atoms with E-state index in [9.17, 15) is 23.1 Å². The van der Waals surface area contributed by atoms with Crippen LogP contribution in [0.3, 0.4) is 0 Å². The highest BCUT2D eigenvalue weighted by atomic mass is 19.4. The number of carbonyl (C=O) groups is 1. The summed E-state index contributed by atoms with van der Waals surface area (Å²) >= 11 is 0. The highest BCUT2D eigenvalue weighted by molar-refractivity contribution is 5.68. The van der Waals surface area contributed by atoms with Crippen LogP contribution in [0.15, 0.2) is 12.3 Å². The van der Waals surface area contributed by atoms with E-state index >= 15 is 0 Å². The lowest BCUT2D eigenvalue weighted by Crippen LogP contribution is -2.50. The fourth-order valence-electron chi connectivity index (χ4n) is 2.49. The quantitative estimate of drug-likeness (QED) is 0.877. The van der Waals surface area contributed by atoms with Crippen molar-refractivity contribution < 1.29 is 27.8 Å². The summed E-state index contributed by atoms with van der Waals surface area (Å²) < 4.78 is 43.6. The number of aliphatic hydroxyl groups excluding tert-OH is 1. The molecule has 1 saturated heterocycles. The highest BCUT2D eigenvalue weighted by Gasteiger charge is 2.33.